The standard InChI is InChI=1S/C12H18N2/c1-3-14(10-6-7-10)11-5-4-9(2)12(13)8-11/h4-5,8,10H,3,6-7,13H2,1-2H3. The van der Waals surface area contributed by atoms with Gasteiger partial charge in [0.25, 0.3) is 0 Å². The van der Waals surface area contributed by atoms with Crippen LogP contribution in [-0.2, 0) is 0 Å². The van der Waals surface area contributed by atoms with Gasteiger partial charge < -0.3 is 10.6 Å². The van der Waals surface area contributed by atoms with Crippen molar-refractivity contribution in [1.82, 2.24) is 0 Å². The molecular formula is C12H18N2. The smallest absolute Gasteiger partial charge is 0.0389 e. The Bertz CT molecular complexity index is 329. The third-order valence-corrected chi connectivity index (χ3v) is 2.92. The van der Waals surface area contributed by atoms with Crippen LogP contribution in [-0.4, -0.2) is 12.6 Å². The molecule has 1 aliphatic rings. The van der Waals surface area contributed by atoms with Gasteiger partial charge in [-0.05, 0) is 44.4 Å². The lowest BCUT2D eigenvalue weighted by Gasteiger charge is -2.23. The Hall–Kier alpha value is -1.18. The van der Waals surface area contributed by atoms with Crippen LogP contribution >= 0.6 is 0 Å². The summed E-state index contributed by atoms with van der Waals surface area (Å²) in [6.07, 6.45) is 2.67. The molecule has 2 heteroatoms. The van der Waals surface area contributed by atoms with Gasteiger partial charge in [-0.2, -0.15) is 0 Å². The minimum absolute atomic E-state index is 0.766. The molecule has 1 saturated carbocycles. The number of aryl methyl sites for hydroxylation is 1. The molecule has 0 saturated heterocycles. The van der Waals surface area contributed by atoms with Crippen molar-refractivity contribution in [2.45, 2.75) is 32.7 Å². The van der Waals surface area contributed by atoms with Gasteiger partial charge in [0.1, 0.15) is 0 Å². The van der Waals surface area contributed by atoms with E-state index in [-0.39, 0.29) is 0 Å². The molecule has 2 rings (SSSR count). The number of nitrogens with two attached hydrogens (primary N) is 1. The van der Waals surface area contributed by atoms with Crippen molar-refractivity contribution < 1.29 is 0 Å². The predicted molar refractivity (Wildman–Crippen MR) is 61.6 cm³/mol. The van der Waals surface area contributed by atoms with Crippen molar-refractivity contribution in [1.29, 1.82) is 0 Å². The van der Waals surface area contributed by atoms with Gasteiger partial charge in [-0.1, -0.05) is 6.07 Å². The number of nitrogens with zero attached hydrogens (tertiary/aromatic N) is 1. The van der Waals surface area contributed by atoms with Crippen LogP contribution in [0, 0.1) is 6.92 Å². The summed E-state index contributed by atoms with van der Waals surface area (Å²) >= 11 is 0. The number of hydrogen-bond donors (Lipinski definition) is 1. The third-order valence-electron chi connectivity index (χ3n) is 2.92. The van der Waals surface area contributed by atoms with Crippen LogP contribution in [0.4, 0.5) is 11.4 Å². The Morgan fingerprint density at radius 2 is 2.14 bits per heavy atom. The van der Waals surface area contributed by atoms with Crippen LogP contribution in [0.3, 0.4) is 0 Å². The molecular weight excluding hydrogens is 172 g/mol. The molecule has 1 fully saturated rings. The van der Waals surface area contributed by atoms with E-state index in [4.69, 9.17) is 5.73 Å². The molecule has 2 N–H and O–H groups in total. The molecule has 0 aliphatic heterocycles. The molecule has 0 atom stereocenters. The van der Waals surface area contributed by atoms with Gasteiger partial charge in [-0.3, -0.25) is 0 Å². The second kappa shape index (κ2) is 3.52. The molecule has 0 amide bonds. The summed E-state index contributed by atoms with van der Waals surface area (Å²) in [5.74, 6) is 0. The lowest BCUT2D eigenvalue weighted by atomic mass is 10.1. The zero-order valence-corrected chi connectivity index (χ0v) is 8.96. The summed E-state index contributed by atoms with van der Waals surface area (Å²) in [4.78, 5) is 2.44. The first-order valence-electron chi connectivity index (χ1n) is 5.35. The first kappa shape index (κ1) is 9.38. The van der Waals surface area contributed by atoms with E-state index in [0.717, 1.165) is 18.3 Å². The number of anilines is 2. The maximum Gasteiger partial charge on any atom is 0.0389 e. The molecule has 0 unspecified atom stereocenters. The van der Waals surface area contributed by atoms with Gasteiger partial charge in [0, 0.05) is 24.0 Å². The van der Waals surface area contributed by atoms with Gasteiger partial charge >= 0.3 is 0 Å². The molecule has 0 heterocycles. The van der Waals surface area contributed by atoms with Gasteiger partial charge in [0.2, 0.25) is 0 Å². The van der Waals surface area contributed by atoms with Crippen LogP contribution in [0.25, 0.3) is 0 Å². The van der Waals surface area contributed by atoms with E-state index in [2.05, 4.69) is 30.0 Å². The highest BCUT2D eigenvalue weighted by molar-refractivity contribution is 5.60. The molecule has 0 spiro atoms. The normalized spacial score (nSPS) is 15.6. The predicted octanol–water partition coefficient (Wildman–Crippen LogP) is 2.57. The molecule has 1 aliphatic carbocycles. The average molecular weight is 190 g/mol. The van der Waals surface area contributed by atoms with Gasteiger partial charge in [-0.25, -0.2) is 0 Å². The molecule has 0 bridgehead atoms. The summed E-state index contributed by atoms with van der Waals surface area (Å²) in [7, 11) is 0. The number of hydrogen-bond acceptors (Lipinski definition) is 2. The van der Waals surface area contributed by atoms with Crippen LogP contribution in [0.15, 0.2) is 18.2 Å². The molecule has 14 heavy (non-hydrogen) atoms. The number of benzene rings is 1. The van der Waals surface area contributed by atoms with E-state index >= 15 is 0 Å². The highest BCUT2D eigenvalue weighted by Crippen LogP contribution is 2.32. The SMILES string of the molecule is CCN(c1ccc(C)c(N)c1)C1CC1. The van der Waals surface area contributed by atoms with E-state index in [1.165, 1.54) is 24.1 Å². The topological polar surface area (TPSA) is 29.3 Å². The van der Waals surface area contributed by atoms with Gasteiger partial charge in [0.05, 0.1) is 0 Å². The summed E-state index contributed by atoms with van der Waals surface area (Å²) in [6.45, 7) is 5.33. The fourth-order valence-electron chi connectivity index (χ4n) is 1.84. The number of rotatable bonds is 3. The zero-order valence-electron chi connectivity index (χ0n) is 8.96. The van der Waals surface area contributed by atoms with Crippen LogP contribution < -0.4 is 10.6 Å². The van der Waals surface area contributed by atoms with E-state index in [1.807, 2.05) is 6.92 Å². The molecule has 2 nitrogen and oxygen atoms in total. The quantitative estimate of drug-likeness (QED) is 0.742. The fourth-order valence-corrected chi connectivity index (χ4v) is 1.84. The first-order valence-corrected chi connectivity index (χ1v) is 5.35. The molecule has 1 aromatic rings. The van der Waals surface area contributed by atoms with Crippen LogP contribution in [0.2, 0.25) is 0 Å². The van der Waals surface area contributed by atoms with Crippen molar-refractivity contribution in [2.24, 2.45) is 0 Å². The van der Waals surface area contributed by atoms with Crippen molar-refractivity contribution in [3.8, 4) is 0 Å². The second-order valence-electron chi connectivity index (χ2n) is 4.06. The first-order chi connectivity index (χ1) is 6.72. The summed E-state index contributed by atoms with van der Waals surface area (Å²) in [5.41, 5.74) is 9.25. The monoisotopic (exact) mass is 190 g/mol. The average Bonchev–Trinajstić information content (AvgIpc) is 2.96. The van der Waals surface area contributed by atoms with Crippen LogP contribution in [0.1, 0.15) is 25.3 Å². The lowest BCUT2D eigenvalue weighted by Crippen LogP contribution is -2.24. The van der Waals surface area contributed by atoms with E-state index in [1.54, 1.807) is 0 Å². The van der Waals surface area contributed by atoms with Crippen molar-refractivity contribution >= 4 is 11.4 Å². The van der Waals surface area contributed by atoms with E-state index in [9.17, 15) is 0 Å². The summed E-state index contributed by atoms with van der Waals surface area (Å²) in [6, 6.07) is 7.14. The Morgan fingerprint density at radius 1 is 1.43 bits per heavy atom. The Morgan fingerprint density at radius 3 is 2.64 bits per heavy atom. The Labute approximate surface area is 85.7 Å². The van der Waals surface area contributed by atoms with Crippen molar-refractivity contribution in [2.75, 3.05) is 17.2 Å². The van der Waals surface area contributed by atoms with Crippen LogP contribution in [0.5, 0.6) is 0 Å². The Balaban J connectivity index is 2.25. The van der Waals surface area contributed by atoms with Crippen molar-refractivity contribution in [3.05, 3.63) is 23.8 Å². The molecule has 0 radical (unpaired) electrons. The largest absolute Gasteiger partial charge is 0.398 e. The summed E-state index contributed by atoms with van der Waals surface area (Å²) < 4.78 is 0. The molecule has 1 aromatic carbocycles. The second-order valence-corrected chi connectivity index (χ2v) is 4.06. The highest BCUT2D eigenvalue weighted by Gasteiger charge is 2.28. The summed E-state index contributed by atoms with van der Waals surface area (Å²) in [5, 5.41) is 0. The number of nitrogen functional groups attached to an aromatic ring is 1. The minimum atomic E-state index is 0.766. The lowest BCUT2D eigenvalue weighted by molar-refractivity contribution is 0.826. The van der Waals surface area contributed by atoms with E-state index < -0.39 is 0 Å². The van der Waals surface area contributed by atoms with E-state index in [0.29, 0.717) is 0 Å². The Kier molecular flexibility index (Phi) is 2.36. The van der Waals surface area contributed by atoms with Gasteiger partial charge in [-0.15, -0.1) is 0 Å². The molecule has 76 valence electrons. The maximum atomic E-state index is 5.91. The fraction of sp³-hybridized carbons (Fsp3) is 0.500. The molecule has 0 aromatic heterocycles. The highest BCUT2D eigenvalue weighted by atomic mass is 15.2. The maximum absolute atomic E-state index is 5.91. The van der Waals surface area contributed by atoms with Gasteiger partial charge in [0.15, 0.2) is 0 Å². The minimum Gasteiger partial charge on any atom is -0.398 e. The van der Waals surface area contributed by atoms with Crippen molar-refractivity contribution in [3.63, 3.8) is 0 Å². The zero-order chi connectivity index (χ0) is 10.1. The third kappa shape index (κ3) is 1.69.